The SMILES string of the molecule is O=C(Nc1cc(C(F)(F)F)ccc1N1CCOCC1)Nc1ccc(Oc2ccnc3[nH]c(=O)[nH]c23)c2ccccc12. The number of anilines is 3. The van der Waals surface area contributed by atoms with E-state index in [2.05, 4.69) is 25.6 Å². The van der Waals surface area contributed by atoms with Gasteiger partial charge in [0, 0.05) is 36.1 Å². The maximum absolute atomic E-state index is 13.5. The summed E-state index contributed by atoms with van der Waals surface area (Å²) in [6, 6.07) is 14.6. The number of halogens is 3. The van der Waals surface area contributed by atoms with Crippen molar-refractivity contribution in [3.8, 4) is 11.5 Å². The van der Waals surface area contributed by atoms with Crippen molar-refractivity contribution < 1.29 is 27.4 Å². The first-order valence-electron chi connectivity index (χ1n) is 12.6. The van der Waals surface area contributed by atoms with E-state index in [4.69, 9.17) is 9.47 Å². The first-order valence-corrected chi connectivity index (χ1v) is 12.6. The highest BCUT2D eigenvalue weighted by Crippen LogP contribution is 2.37. The quantitative estimate of drug-likeness (QED) is 0.217. The van der Waals surface area contributed by atoms with Crippen LogP contribution in [0.2, 0.25) is 0 Å². The molecule has 6 rings (SSSR count). The highest BCUT2D eigenvalue weighted by molar-refractivity contribution is 6.08. The molecule has 1 fully saturated rings. The highest BCUT2D eigenvalue weighted by Gasteiger charge is 2.32. The Balaban J connectivity index is 1.29. The van der Waals surface area contributed by atoms with E-state index in [0.29, 0.717) is 71.1 Å². The molecule has 41 heavy (non-hydrogen) atoms. The molecule has 13 heteroatoms. The number of imidazole rings is 1. The molecule has 2 amide bonds. The summed E-state index contributed by atoms with van der Waals surface area (Å²) in [5, 5.41) is 6.64. The van der Waals surface area contributed by atoms with Crippen LogP contribution < -0.4 is 26.0 Å². The van der Waals surface area contributed by atoms with Gasteiger partial charge >= 0.3 is 17.9 Å². The number of urea groups is 1. The number of benzene rings is 3. The van der Waals surface area contributed by atoms with Gasteiger partial charge in [0.15, 0.2) is 11.4 Å². The Kier molecular flexibility index (Phi) is 6.71. The predicted molar refractivity (Wildman–Crippen MR) is 148 cm³/mol. The molecule has 5 aromatic rings. The van der Waals surface area contributed by atoms with Gasteiger partial charge in [0.2, 0.25) is 0 Å². The summed E-state index contributed by atoms with van der Waals surface area (Å²) in [4.78, 5) is 36.1. The van der Waals surface area contributed by atoms with Crippen molar-refractivity contribution in [1.82, 2.24) is 15.0 Å². The summed E-state index contributed by atoms with van der Waals surface area (Å²) in [7, 11) is 0. The van der Waals surface area contributed by atoms with E-state index in [-0.39, 0.29) is 5.69 Å². The van der Waals surface area contributed by atoms with Crippen LogP contribution in [0.4, 0.5) is 35.0 Å². The van der Waals surface area contributed by atoms with Gasteiger partial charge in [0.25, 0.3) is 0 Å². The molecule has 3 aromatic carbocycles. The van der Waals surface area contributed by atoms with Crippen LogP contribution in [0.15, 0.2) is 71.7 Å². The van der Waals surface area contributed by atoms with Crippen LogP contribution in [0.25, 0.3) is 21.9 Å². The molecule has 0 aliphatic carbocycles. The lowest BCUT2D eigenvalue weighted by molar-refractivity contribution is -0.137. The normalized spacial score (nSPS) is 13.9. The first-order chi connectivity index (χ1) is 19.8. The highest BCUT2D eigenvalue weighted by atomic mass is 19.4. The summed E-state index contributed by atoms with van der Waals surface area (Å²) < 4.78 is 51.9. The maximum Gasteiger partial charge on any atom is 0.416 e. The number of nitrogens with one attached hydrogen (secondary N) is 4. The second-order valence-electron chi connectivity index (χ2n) is 9.28. The third-order valence-corrected chi connectivity index (χ3v) is 6.66. The van der Waals surface area contributed by atoms with Crippen molar-refractivity contribution >= 4 is 45.0 Å². The van der Waals surface area contributed by atoms with Gasteiger partial charge in [-0.05, 0) is 30.3 Å². The molecule has 0 spiro atoms. The Morgan fingerprint density at radius 2 is 1.68 bits per heavy atom. The number of carbonyl (C=O) groups excluding carboxylic acids is 1. The minimum atomic E-state index is -4.57. The van der Waals surface area contributed by atoms with Crippen molar-refractivity contribution in [2.75, 3.05) is 41.8 Å². The van der Waals surface area contributed by atoms with Crippen molar-refractivity contribution in [3.05, 3.63) is 82.9 Å². The number of hydrogen-bond acceptors (Lipinski definition) is 6. The van der Waals surface area contributed by atoms with Crippen molar-refractivity contribution in [1.29, 1.82) is 0 Å². The Labute approximate surface area is 230 Å². The van der Waals surface area contributed by atoms with Crippen LogP contribution in [0.5, 0.6) is 11.5 Å². The van der Waals surface area contributed by atoms with E-state index in [1.54, 1.807) is 42.5 Å². The lowest BCUT2D eigenvalue weighted by Crippen LogP contribution is -2.37. The average Bonchev–Trinajstić information content (AvgIpc) is 3.35. The van der Waals surface area contributed by atoms with Crippen LogP contribution in [-0.2, 0) is 10.9 Å². The van der Waals surface area contributed by atoms with Crippen LogP contribution in [0.3, 0.4) is 0 Å². The second-order valence-corrected chi connectivity index (χ2v) is 9.28. The number of H-pyrrole nitrogens is 2. The molecule has 4 N–H and O–H groups in total. The van der Waals surface area contributed by atoms with E-state index in [1.165, 1.54) is 12.3 Å². The summed E-state index contributed by atoms with van der Waals surface area (Å²) in [6.45, 7) is 1.82. The second kappa shape index (κ2) is 10.5. The number of ether oxygens (including phenoxy) is 2. The molecule has 1 aliphatic heterocycles. The number of hydrogen-bond donors (Lipinski definition) is 4. The number of aromatic nitrogens is 3. The molecular weight excluding hydrogens is 541 g/mol. The minimum absolute atomic E-state index is 0.0330. The van der Waals surface area contributed by atoms with Crippen LogP contribution >= 0.6 is 0 Å². The van der Waals surface area contributed by atoms with Crippen LogP contribution in [0.1, 0.15) is 5.56 Å². The Morgan fingerprint density at radius 1 is 0.927 bits per heavy atom. The number of rotatable bonds is 5. The van der Waals surface area contributed by atoms with Gasteiger partial charge in [-0.15, -0.1) is 0 Å². The molecule has 1 saturated heterocycles. The number of carbonyl (C=O) groups is 1. The topological polar surface area (TPSA) is 124 Å². The Bertz CT molecular complexity index is 1810. The summed E-state index contributed by atoms with van der Waals surface area (Å²) >= 11 is 0. The van der Waals surface area contributed by atoms with E-state index < -0.39 is 23.5 Å². The molecule has 0 unspecified atom stereocenters. The van der Waals surface area contributed by atoms with Crippen LogP contribution in [0, 0.1) is 0 Å². The van der Waals surface area contributed by atoms with E-state index in [1.807, 2.05) is 4.90 Å². The smallest absolute Gasteiger partial charge is 0.416 e. The standard InChI is InChI=1S/C28H23F3N6O4/c29-28(30,31)16-5-7-21(37-11-13-40-14-12-37)20(15-16)34-26(38)33-19-6-8-22(18-4-2-1-3-17(18)19)41-23-9-10-32-25-24(23)35-27(39)36-25/h1-10,15H,11-14H2,(H2,33,34,38)(H2,32,35,36,39). The summed E-state index contributed by atoms with van der Waals surface area (Å²) in [6.07, 6.45) is -3.07. The molecule has 0 saturated carbocycles. The fourth-order valence-electron chi connectivity index (χ4n) is 4.75. The zero-order valence-electron chi connectivity index (χ0n) is 21.3. The molecule has 0 bridgehead atoms. The van der Waals surface area contributed by atoms with Crippen LogP contribution in [-0.4, -0.2) is 47.3 Å². The predicted octanol–water partition coefficient (Wildman–Crippen LogP) is 5.70. The molecular formula is C28H23F3N6O4. The van der Waals surface area contributed by atoms with Gasteiger partial charge in [-0.1, -0.05) is 24.3 Å². The third-order valence-electron chi connectivity index (χ3n) is 6.66. The summed E-state index contributed by atoms with van der Waals surface area (Å²) in [5.74, 6) is 0.825. The van der Waals surface area contributed by atoms with E-state index in [9.17, 15) is 22.8 Å². The minimum Gasteiger partial charge on any atom is -0.454 e. The summed E-state index contributed by atoms with van der Waals surface area (Å²) in [5.41, 5.74) is 0.378. The molecule has 1 aliphatic rings. The molecule has 2 aromatic heterocycles. The van der Waals surface area contributed by atoms with Gasteiger partial charge in [0.05, 0.1) is 35.8 Å². The van der Waals surface area contributed by atoms with Gasteiger partial charge in [-0.2, -0.15) is 13.2 Å². The van der Waals surface area contributed by atoms with Gasteiger partial charge in [0.1, 0.15) is 11.3 Å². The molecule has 3 heterocycles. The van der Waals surface area contributed by atoms with E-state index >= 15 is 0 Å². The van der Waals surface area contributed by atoms with Gasteiger partial charge in [-0.25, -0.2) is 14.6 Å². The maximum atomic E-state index is 13.5. The van der Waals surface area contributed by atoms with Crippen molar-refractivity contribution in [2.45, 2.75) is 6.18 Å². The fourth-order valence-corrected chi connectivity index (χ4v) is 4.75. The average molecular weight is 565 g/mol. The Hall–Kier alpha value is -5.04. The number of nitrogens with zero attached hydrogens (tertiary/aromatic N) is 2. The zero-order valence-corrected chi connectivity index (χ0v) is 21.3. The molecule has 10 nitrogen and oxygen atoms in total. The number of aromatic amines is 2. The molecule has 210 valence electrons. The fraction of sp³-hybridized carbons (Fsp3) is 0.179. The zero-order chi connectivity index (χ0) is 28.6. The molecule has 0 radical (unpaired) electrons. The number of pyridine rings is 1. The largest absolute Gasteiger partial charge is 0.454 e. The monoisotopic (exact) mass is 564 g/mol. The van der Waals surface area contributed by atoms with Crippen molar-refractivity contribution in [3.63, 3.8) is 0 Å². The lowest BCUT2D eigenvalue weighted by Gasteiger charge is -2.31. The number of fused-ring (bicyclic) bond motifs is 2. The van der Waals surface area contributed by atoms with E-state index in [0.717, 1.165) is 12.1 Å². The lowest BCUT2D eigenvalue weighted by atomic mass is 10.1. The van der Waals surface area contributed by atoms with Gasteiger partial charge in [-0.3, -0.25) is 4.98 Å². The molecule has 0 atom stereocenters. The van der Waals surface area contributed by atoms with Gasteiger partial charge < -0.3 is 30.0 Å². The Morgan fingerprint density at radius 3 is 2.46 bits per heavy atom. The van der Waals surface area contributed by atoms with Crippen molar-refractivity contribution in [2.24, 2.45) is 0 Å². The third kappa shape index (κ3) is 5.39. The number of amides is 2. The first kappa shape index (κ1) is 26.2. The number of alkyl halides is 3. The number of morpholine rings is 1.